The fourth-order valence-electron chi connectivity index (χ4n) is 5.18. The van der Waals surface area contributed by atoms with E-state index in [0.717, 1.165) is 27.0 Å². The number of carbonyl (C=O) groups is 2. The first kappa shape index (κ1) is 25.0. The smallest absolute Gasteiger partial charge is 0.336 e. The van der Waals surface area contributed by atoms with Gasteiger partial charge in [-0.15, -0.1) is 0 Å². The Bertz CT molecular complexity index is 1360. The summed E-state index contributed by atoms with van der Waals surface area (Å²) in [5.41, 5.74) is 4.73. The number of para-hydroxylation sites is 1. The number of esters is 1. The Hall–Kier alpha value is -3.64. The van der Waals surface area contributed by atoms with Crippen LogP contribution in [0.15, 0.2) is 112 Å². The van der Waals surface area contributed by atoms with E-state index in [-0.39, 0.29) is 24.9 Å². The van der Waals surface area contributed by atoms with Crippen LogP contribution in [0.2, 0.25) is 0 Å². The minimum absolute atomic E-state index is 0.0535. The van der Waals surface area contributed by atoms with Gasteiger partial charge < -0.3 is 14.8 Å². The summed E-state index contributed by atoms with van der Waals surface area (Å²) in [5, 5.41) is 3.40. The maximum atomic E-state index is 13.7. The molecule has 188 valence electrons. The number of dihydropyridines is 1. The highest BCUT2D eigenvalue weighted by Gasteiger charge is 2.41. The van der Waals surface area contributed by atoms with Gasteiger partial charge in [-0.3, -0.25) is 4.79 Å². The van der Waals surface area contributed by atoms with Crippen molar-refractivity contribution >= 4 is 27.7 Å². The van der Waals surface area contributed by atoms with Gasteiger partial charge in [0.1, 0.15) is 19.0 Å². The van der Waals surface area contributed by atoms with Crippen LogP contribution in [0.4, 0.5) is 0 Å². The van der Waals surface area contributed by atoms with Gasteiger partial charge in [0.05, 0.1) is 5.57 Å². The first-order valence-electron chi connectivity index (χ1n) is 12.4. The van der Waals surface area contributed by atoms with Crippen LogP contribution < -0.4 is 10.1 Å². The van der Waals surface area contributed by atoms with Gasteiger partial charge in [-0.25, -0.2) is 4.79 Å². The lowest BCUT2D eigenvalue weighted by molar-refractivity contribution is -0.140. The predicted octanol–water partition coefficient (Wildman–Crippen LogP) is 6.43. The molecular formula is C31H28BrNO4. The highest BCUT2D eigenvalue weighted by molar-refractivity contribution is 9.10. The molecule has 1 N–H and O–H groups in total. The summed E-state index contributed by atoms with van der Waals surface area (Å²) in [6, 6.07) is 27.3. The topological polar surface area (TPSA) is 64.6 Å². The molecule has 0 unspecified atom stereocenters. The van der Waals surface area contributed by atoms with Gasteiger partial charge in [0.25, 0.3) is 0 Å². The van der Waals surface area contributed by atoms with Crippen molar-refractivity contribution in [2.24, 2.45) is 0 Å². The standard InChI is InChI=1S/C31H28BrNO4/c1-20-28(31(35)37-16-15-36-25-13-6-3-7-14-25)29(22-11-8-12-24(32)17-22)30-26(33-20)18-23(19-27(30)34)21-9-4-2-5-10-21/h2-14,17,23,29,33H,15-16,18-19H2,1H3/t23-,29+/m0/s1. The predicted molar refractivity (Wildman–Crippen MR) is 146 cm³/mol. The Morgan fingerprint density at radius 3 is 2.35 bits per heavy atom. The Kier molecular flexibility index (Phi) is 7.56. The maximum Gasteiger partial charge on any atom is 0.336 e. The Labute approximate surface area is 225 Å². The molecule has 5 rings (SSSR count). The van der Waals surface area contributed by atoms with Gasteiger partial charge in [-0.1, -0.05) is 76.6 Å². The van der Waals surface area contributed by atoms with Crippen LogP contribution in [0.3, 0.4) is 0 Å². The number of benzene rings is 3. The number of carbonyl (C=O) groups excluding carboxylic acids is 2. The number of rotatable bonds is 7. The van der Waals surface area contributed by atoms with Gasteiger partial charge in [0, 0.05) is 33.8 Å². The van der Waals surface area contributed by atoms with E-state index in [1.54, 1.807) is 0 Å². The van der Waals surface area contributed by atoms with Gasteiger partial charge in [0.15, 0.2) is 5.78 Å². The molecule has 1 aliphatic carbocycles. The van der Waals surface area contributed by atoms with E-state index in [9.17, 15) is 9.59 Å². The Balaban J connectivity index is 1.42. The van der Waals surface area contributed by atoms with Crippen molar-refractivity contribution in [1.29, 1.82) is 0 Å². The SMILES string of the molecule is CC1=C(C(=O)OCCOc2ccccc2)[C@@H](c2cccc(Br)c2)C2=C(C[C@H](c3ccccc3)CC2=O)N1. The monoisotopic (exact) mass is 557 g/mol. The molecule has 37 heavy (non-hydrogen) atoms. The van der Waals surface area contributed by atoms with Gasteiger partial charge in [-0.05, 0) is 54.7 Å². The summed E-state index contributed by atoms with van der Waals surface area (Å²) >= 11 is 3.55. The van der Waals surface area contributed by atoms with Crippen LogP contribution >= 0.6 is 15.9 Å². The van der Waals surface area contributed by atoms with Crippen LogP contribution in [0.25, 0.3) is 0 Å². The molecule has 3 aromatic carbocycles. The quantitative estimate of drug-likeness (QED) is 0.267. The lowest BCUT2D eigenvalue weighted by Crippen LogP contribution is -2.36. The number of halogens is 1. The first-order valence-corrected chi connectivity index (χ1v) is 13.2. The fraction of sp³-hybridized carbons (Fsp3) is 0.226. The van der Waals surface area contributed by atoms with Crippen molar-refractivity contribution in [2.45, 2.75) is 31.6 Å². The summed E-state index contributed by atoms with van der Waals surface area (Å²) in [6.45, 7) is 2.22. The summed E-state index contributed by atoms with van der Waals surface area (Å²) in [4.78, 5) is 27.1. The number of hydrogen-bond acceptors (Lipinski definition) is 5. The van der Waals surface area contributed by atoms with Crippen LogP contribution in [0.5, 0.6) is 5.75 Å². The van der Waals surface area contributed by atoms with Crippen molar-refractivity contribution in [3.63, 3.8) is 0 Å². The largest absolute Gasteiger partial charge is 0.490 e. The van der Waals surface area contributed by atoms with E-state index in [2.05, 4.69) is 33.4 Å². The fourth-order valence-corrected chi connectivity index (χ4v) is 5.60. The number of ketones is 1. The van der Waals surface area contributed by atoms with E-state index < -0.39 is 11.9 Å². The van der Waals surface area contributed by atoms with Crippen molar-refractivity contribution in [3.8, 4) is 5.75 Å². The molecule has 1 heterocycles. The zero-order valence-electron chi connectivity index (χ0n) is 20.6. The molecule has 5 nitrogen and oxygen atoms in total. The van der Waals surface area contributed by atoms with Crippen molar-refractivity contribution in [3.05, 3.63) is 123 Å². The van der Waals surface area contributed by atoms with Crippen LogP contribution in [-0.2, 0) is 14.3 Å². The molecule has 0 amide bonds. The van der Waals surface area contributed by atoms with Gasteiger partial charge in [0.2, 0.25) is 0 Å². The first-order chi connectivity index (χ1) is 18.0. The molecule has 2 aliphatic rings. The second-order valence-corrected chi connectivity index (χ2v) is 10.2. The molecule has 0 aromatic heterocycles. The average Bonchev–Trinajstić information content (AvgIpc) is 2.91. The molecule has 2 atom stereocenters. The van der Waals surface area contributed by atoms with E-state index in [0.29, 0.717) is 29.7 Å². The van der Waals surface area contributed by atoms with Crippen molar-refractivity contribution < 1.29 is 19.1 Å². The van der Waals surface area contributed by atoms with Crippen LogP contribution in [-0.4, -0.2) is 25.0 Å². The van der Waals surface area contributed by atoms with Crippen LogP contribution in [0, 0.1) is 0 Å². The number of hydrogen-bond donors (Lipinski definition) is 1. The zero-order valence-corrected chi connectivity index (χ0v) is 22.2. The average molecular weight is 558 g/mol. The minimum Gasteiger partial charge on any atom is -0.490 e. The minimum atomic E-state index is -0.500. The number of allylic oxidation sites excluding steroid dienone is 3. The van der Waals surface area contributed by atoms with E-state index in [4.69, 9.17) is 9.47 Å². The molecule has 0 bridgehead atoms. The van der Waals surface area contributed by atoms with Gasteiger partial charge in [-0.2, -0.15) is 0 Å². The molecule has 0 saturated heterocycles. The Morgan fingerprint density at radius 2 is 1.62 bits per heavy atom. The number of nitrogens with one attached hydrogen (secondary N) is 1. The summed E-state index contributed by atoms with van der Waals surface area (Å²) in [5.74, 6) is -0.0788. The molecular weight excluding hydrogens is 530 g/mol. The summed E-state index contributed by atoms with van der Waals surface area (Å²) < 4.78 is 12.2. The number of Topliss-reactive ketones (excluding diaryl/α,β-unsaturated/α-hetero) is 1. The summed E-state index contributed by atoms with van der Waals surface area (Å²) in [6.07, 6.45) is 1.11. The molecule has 0 saturated carbocycles. The van der Waals surface area contributed by atoms with E-state index in [1.807, 2.05) is 79.7 Å². The second kappa shape index (κ2) is 11.2. The highest BCUT2D eigenvalue weighted by Crippen LogP contribution is 2.46. The molecule has 0 fully saturated rings. The zero-order chi connectivity index (χ0) is 25.8. The molecule has 0 radical (unpaired) electrons. The maximum absolute atomic E-state index is 13.7. The molecule has 0 spiro atoms. The third-order valence-electron chi connectivity index (χ3n) is 6.83. The highest BCUT2D eigenvalue weighted by atomic mass is 79.9. The van der Waals surface area contributed by atoms with Crippen LogP contribution in [0.1, 0.15) is 42.7 Å². The van der Waals surface area contributed by atoms with Gasteiger partial charge >= 0.3 is 5.97 Å². The lowest BCUT2D eigenvalue weighted by atomic mass is 9.72. The molecule has 1 aliphatic heterocycles. The third-order valence-corrected chi connectivity index (χ3v) is 7.32. The molecule has 6 heteroatoms. The Morgan fingerprint density at radius 1 is 0.919 bits per heavy atom. The van der Waals surface area contributed by atoms with E-state index in [1.165, 1.54) is 0 Å². The van der Waals surface area contributed by atoms with Crippen molar-refractivity contribution in [2.75, 3.05) is 13.2 Å². The van der Waals surface area contributed by atoms with E-state index >= 15 is 0 Å². The normalized spacial score (nSPS) is 19.2. The summed E-state index contributed by atoms with van der Waals surface area (Å²) in [7, 11) is 0. The lowest BCUT2D eigenvalue weighted by Gasteiger charge is -2.36. The number of ether oxygens (including phenoxy) is 2. The molecule has 3 aromatic rings. The third kappa shape index (κ3) is 5.54. The second-order valence-electron chi connectivity index (χ2n) is 9.28. The van der Waals surface area contributed by atoms with Crippen molar-refractivity contribution in [1.82, 2.24) is 5.32 Å².